The highest BCUT2D eigenvalue weighted by atomic mass is 35.5. The third kappa shape index (κ3) is 3.58. The minimum atomic E-state index is -0.0798. The molecule has 10 heteroatoms. The topological polar surface area (TPSA) is 52.2 Å². The van der Waals surface area contributed by atoms with E-state index in [2.05, 4.69) is 10.2 Å². The van der Waals surface area contributed by atoms with Gasteiger partial charge in [-0.25, -0.2) is 8.97 Å². The molecule has 0 radical (unpaired) electrons. The largest absolute Gasteiger partial charge is 0.268 e. The molecule has 0 unspecified atom stereocenters. The van der Waals surface area contributed by atoms with Gasteiger partial charge in [0.1, 0.15) is 4.83 Å². The highest BCUT2D eigenvalue weighted by Gasteiger charge is 2.26. The smallest absolute Gasteiger partial charge is 0.268 e. The Balaban J connectivity index is 1.58. The molecule has 0 saturated heterocycles. The van der Waals surface area contributed by atoms with Gasteiger partial charge in [0.05, 0.1) is 11.1 Å². The lowest BCUT2D eigenvalue weighted by molar-refractivity contribution is 0.910. The van der Waals surface area contributed by atoms with Gasteiger partial charge in [-0.3, -0.25) is 4.79 Å². The minimum absolute atomic E-state index is 0.0798. The maximum atomic E-state index is 13.7. The SMILES string of the molecule is O=c1c2c3c(sc2n2c(SCc4ccc(Cl)cc4Cl)nnc2n1-c1cccc(Cl)c1)CCC3. The second kappa shape index (κ2) is 8.32. The second-order valence-electron chi connectivity index (χ2n) is 7.80. The Hall–Kier alpha value is -2.03. The van der Waals surface area contributed by atoms with E-state index in [4.69, 9.17) is 34.8 Å². The Morgan fingerprint density at radius 3 is 2.70 bits per heavy atom. The molecule has 166 valence electrons. The average molecular weight is 534 g/mol. The molecule has 6 rings (SSSR count). The van der Waals surface area contributed by atoms with Crippen LogP contribution in [0.15, 0.2) is 52.4 Å². The maximum Gasteiger partial charge on any atom is 0.268 e. The molecule has 1 aliphatic carbocycles. The molecule has 0 saturated carbocycles. The Morgan fingerprint density at radius 1 is 1.03 bits per heavy atom. The highest BCUT2D eigenvalue weighted by molar-refractivity contribution is 7.98. The number of nitrogens with zero attached hydrogens (tertiary/aromatic N) is 4. The van der Waals surface area contributed by atoms with Gasteiger partial charge in [-0.2, -0.15) is 0 Å². The summed E-state index contributed by atoms with van der Waals surface area (Å²) in [4.78, 5) is 15.9. The molecule has 0 atom stereocenters. The van der Waals surface area contributed by atoms with Crippen molar-refractivity contribution in [2.45, 2.75) is 30.2 Å². The van der Waals surface area contributed by atoms with Crippen LogP contribution in [-0.2, 0) is 18.6 Å². The highest BCUT2D eigenvalue weighted by Crippen LogP contribution is 2.38. The van der Waals surface area contributed by atoms with Crippen molar-refractivity contribution in [3.05, 3.63) is 83.9 Å². The summed E-state index contributed by atoms with van der Waals surface area (Å²) in [7, 11) is 0. The van der Waals surface area contributed by atoms with E-state index in [1.54, 1.807) is 34.1 Å². The van der Waals surface area contributed by atoms with Crippen molar-refractivity contribution in [2.75, 3.05) is 0 Å². The number of thiophene rings is 1. The molecule has 0 fully saturated rings. The molecule has 5 aromatic rings. The van der Waals surface area contributed by atoms with Crippen LogP contribution in [-0.4, -0.2) is 19.2 Å². The van der Waals surface area contributed by atoms with Crippen LogP contribution in [0.2, 0.25) is 15.1 Å². The summed E-state index contributed by atoms with van der Waals surface area (Å²) in [6.07, 6.45) is 2.99. The van der Waals surface area contributed by atoms with Gasteiger partial charge in [-0.15, -0.1) is 21.5 Å². The monoisotopic (exact) mass is 532 g/mol. The number of halogens is 3. The zero-order chi connectivity index (χ0) is 22.7. The molecule has 2 aromatic carbocycles. The van der Waals surface area contributed by atoms with Gasteiger partial charge >= 0.3 is 0 Å². The van der Waals surface area contributed by atoms with Crippen molar-refractivity contribution in [1.82, 2.24) is 19.2 Å². The summed E-state index contributed by atoms with van der Waals surface area (Å²) >= 11 is 21.9. The lowest BCUT2D eigenvalue weighted by Gasteiger charge is -2.10. The van der Waals surface area contributed by atoms with Gasteiger partial charge in [0.2, 0.25) is 5.78 Å². The lowest BCUT2D eigenvalue weighted by Crippen LogP contribution is -2.21. The predicted molar refractivity (Wildman–Crippen MR) is 137 cm³/mol. The van der Waals surface area contributed by atoms with Crippen LogP contribution in [0.25, 0.3) is 21.7 Å². The van der Waals surface area contributed by atoms with Crippen LogP contribution in [0.4, 0.5) is 0 Å². The summed E-state index contributed by atoms with van der Waals surface area (Å²) in [5.74, 6) is 1.07. The van der Waals surface area contributed by atoms with Crippen LogP contribution in [0, 0.1) is 0 Å². The summed E-state index contributed by atoms with van der Waals surface area (Å²) < 4.78 is 3.61. The third-order valence-corrected chi connectivity index (χ3v) is 8.85. The van der Waals surface area contributed by atoms with Crippen LogP contribution in [0.3, 0.4) is 0 Å². The summed E-state index contributed by atoms with van der Waals surface area (Å²) in [5.41, 5.74) is 2.70. The number of rotatable bonds is 4. The van der Waals surface area contributed by atoms with Gasteiger partial charge in [-0.05, 0) is 60.7 Å². The van der Waals surface area contributed by atoms with Crippen molar-refractivity contribution < 1.29 is 0 Å². The summed E-state index contributed by atoms with van der Waals surface area (Å²) in [6, 6.07) is 12.7. The third-order valence-electron chi connectivity index (χ3n) is 5.78. The number of aryl methyl sites for hydroxylation is 2. The molecule has 1 aliphatic rings. The van der Waals surface area contributed by atoms with Crippen molar-refractivity contribution in [3.8, 4) is 5.69 Å². The summed E-state index contributed by atoms with van der Waals surface area (Å²) in [5, 5.41) is 12.1. The fourth-order valence-corrected chi connectivity index (χ4v) is 7.39. The van der Waals surface area contributed by atoms with Gasteiger partial charge < -0.3 is 0 Å². The van der Waals surface area contributed by atoms with Crippen molar-refractivity contribution in [2.24, 2.45) is 0 Å². The van der Waals surface area contributed by atoms with Crippen molar-refractivity contribution in [1.29, 1.82) is 0 Å². The van der Waals surface area contributed by atoms with E-state index in [1.807, 2.05) is 28.7 Å². The lowest BCUT2D eigenvalue weighted by atomic mass is 10.2. The van der Waals surface area contributed by atoms with E-state index in [0.29, 0.717) is 37.4 Å². The van der Waals surface area contributed by atoms with E-state index >= 15 is 0 Å². The van der Waals surface area contributed by atoms with E-state index < -0.39 is 0 Å². The molecule has 0 aliphatic heterocycles. The quantitative estimate of drug-likeness (QED) is 0.237. The van der Waals surface area contributed by atoms with Crippen molar-refractivity contribution in [3.63, 3.8) is 0 Å². The number of hydrogen-bond acceptors (Lipinski definition) is 5. The van der Waals surface area contributed by atoms with Crippen molar-refractivity contribution >= 4 is 73.9 Å². The van der Waals surface area contributed by atoms with Gasteiger partial charge in [0.15, 0.2) is 5.16 Å². The Bertz CT molecular complexity index is 1620. The first-order valence-electron chi connectivity index (χ1n) is 10.3. The van der Waals surface area contributed by atoms with Crippen LogP contribution in [0.5, 0.6) is 0 Å². The molecule has 0 amide bonds. The zero-order valence-corrected chi connectivity index (χ0v) is 20.9. The molecule has 0 N–H and O–H groups in total. The zero-order valence-electron chi connectivity index (χ0n) is 17.0. The van der Waals surface area contributed by atoms with E-state index in [9.17, 15) is 4.79 Å². The van der Waals surface area contributed by atoms with Crippen LogP contribution in [0.1, 0.15) is 22.4 Å². The van der Waals surface area contributed by atoms with E-state index in [0.717, 1.165) is 40.6 Å². The Morgan fingerprint density at radius 2 is 1.88 bits per heavy atom. The molecule has 3 aromatic heterocycles. The van der Waals surface area contributed by atoms with Gasteiger partial charge in [0.25, 0.3) is 5.56 Å². The second-order valence-corrected chi connectivity index (χ2v) is 11.1. The maximum absolute atomic E-state index is 13.7. The number of benzene rings is 2. The molecule has 33 heavy (non-hydrogen) atoms. The first-order valence-corrected chi connectivity index (χ1v) is 13.2. The molecule has 3 heterocycles. The minimum Gasteiger partial charge on any atom is -0.268 e. The van der Waals surface area contributed by atoms with Gasteiger partial charge in [0, 0.05) is 25.7 Å². The number of fused-ring (bicyclic) bond motifs is 5. The van der Waals surface area contributed by atoms with Crippen LogP contribution >= 0.6 is 57.9 Å². The fourth-order valence-electron chi connectivity index (χ4n) is 4.28. The average Bonchev–Trinajstić information content (AvgIpc) is 3.47. The van der Waals surface area contributed by atoms with Gasteiger partial charge in [-0.1, -0.05) is 58.7 Å². The molecule has 5 nitrogen and oxygen atoms in total. The summed E-state index contributed by atoms with van der Waals surface area (Å²) in [6.45, 7) is 0. The standard InChI is InChI=1S/C23H15Cl3N4OS2/c24-13-3-1-4-15(9-13)29-20(31)19-16-5-2-6-18(16)33-21(19)30-22(29)27-28-23(30)32-11-12-7-8-14(25)10-17(12)26/h1,3-4,7-10H,2,5-6,11H2. The fraction of sp³-hybridized carbons (Fsp3) is 0.174. The Labute approximate surface area is 211 Å². The first-order chi connectivity index (χ1) is 16.0. The molecule has 0 spiro atoms. The number of aromatic nitrogens is 4. The molecular weight excluding hydrogens is 519 g/mol. The number of thioether (sulfide) groups is 1. The van der Waals surface area contributed by atoms with E-state index in [-0.39, 0.29) is 5.56 Å². The Kier molecular flexibility index (Phi) is 5.42. The first kappa shape index (κ1) is 21.5. The molecule has 0 bridgehead atoms. The molecular formula is C23H15Cl3N4OS2. The normalized spacial score (nSPS) is 13.3. The van der Waals surface area contributed by atoms with Crippen LogP contribution < -0.4 is 5.56 Å². The number of hydrogen-bond donors (Lipinski definition) is 0. The van der Waals surface area contributed by atoms with E-state index in [1.165, 1.54) is 16.6 Å². The predicted octanol–water partition coefficient (Wildman–Crippen LogP) is 6.84.